The van der Waals surface area contributed by atoms with Gasteiger partial charge in [-0.05, 0) is 55.7 Å². The van der Waals surface area contributed by atoms with E-state index in [0.717, 1.165) is 62.8 Å². The molecule has 2 amide bonds. The Kier molecular flexibility index (Phi) is 8.04. The molecule has 0 aliphatic carbocycles. The molecular weight excluding hydrogens is 500 g/mol. The van der Waals surface area contributed by atoms with E-state index in [9.17, 15) is 27.2 Å². The number of likely N-dealkylation sites (tertiary alicyclic amines) is 1. The van der Waals surface area contributed by atoms with Crippen LogP contribution in [0.15, 0.2) is 42.5 Å². The number of alkyl halides is 3. The van der Waals surface area contributed by atoms with Gasteiger partial charge in [-0.15, -0.1) is 0 Å². The van der Waals surface area contributed by atoms with Gasteiger partial charge in [0.25, 0.3) is 5.91 Å². The van der Waals surface area contributed by atoms with E-state index < -0.39 is 23.5 Å². The number of anilines is 1. The van der Waals surface area contributed by atoms with Gasteiger partial charge in [0.05, 0.1) is 17.1 Å². The molecule has 2 aromatic rings. The molecule has 6 nitrogen and oxygen atoms in total. The maximum Gasteiger partial charge on any atom is 0.416 e. The third-order valence-electron chi connectivity index (χ3n) is 6.70. The van der Waals surface area contributed by atoms with Crippen LogP contribution in [0.2, 0.25) is 5.02 Å². The Balaban J connectivity index is 1.20. The lowest BCUT2D eigenvalue weighted by atomic mass is 10.0. The Morgan fingerprint density at radius 2 is 1.78 bits per heavy atom. The van der Waals surface area contributed by atoms with Crippen LogP contribution in [0.4, 0.5) is 23.2 Å². The summed E-state index contributed by atoms with van der Waals surface area (Å²) in [5.41, 5.74) is -0.171. The summed E-state index contributed by atoms with van der Waals surface area (Å²) in [5.74, 6) is -1.56. The quantitative estimate of drug-likeness (QED) is 0.557. The highest BCUT2D eigenvalue weighted by molar-refractivity contribution is 6.31. The van der Waals surface area contributed by atoms with E-state index >= 15 is 0 Å². The molecule has 2 N–H and O–H groups in total. The first-order chi connectivity index (χ1) is 17.1. The van der Waals surface area contributed by atoms with Gasteiger partial charge in [0.15, 0.2) is 0 Å². The number of carbonyl (C=O) groups is 2. The zero-order chi connectivity index (χ0) is 25.9. The van der Waals surface area contributed by atoms with E-state index in [-0.39, 0.29) is 29.1 Å². The van der Waals surface area contributed by atoms with Crippen molar-refractivity contribution >= 4 is 29.1 Å². The third-order valence-corrected chi connectivity index (χ3v) is 6.99. The largest absolute Gasteiger partial charge is 0.416 e. The van der Waals surface area contributed by atoms with Crippen LogP contribution in [0.1, 0.15) is 35.2 Å². The zero-order valence-electron chi connectivity index (χ0n) is 19.5. The Hall–Kier alpha value is -2.85. The lowest BCUT2D eigenvalue weighted by Gasteiger charge is -2.38. The second-order valence-electron chi connectivity index (χ2n) is 9.13. The molecular formula is C25H27ClF4N4O2. The van der Waals surface area contributed by atoms with Crippen molar-refractivity contribution in [3.8, 4) is 0 Å². The first kappa shape index (κ1) is 26.2. The molecule has 2 aromatic carbocycles. The molecule has 0 spiro atoms. The highest BCUT2D eigenvalue weighted by Gasteiger charge is 2.32. The molecule has 4 rings (SSSR count). The summed E-state index contributed by atoms with van der Waals surface area (Å²) in [7, 11) is 0. The predicted octanol–water partition coefficient (Wildman–Crippen LogP) is 4.09. The van der Waals surface area contributed by atoms with Crippen molar-refractivity contribution in [2.45, 2.75) is 37.5 Å². The molecule has 0 aromatic heterocycles. The Bertz CT molecular complexity index is 1110. The minimum Gasteiger partial charge on any atom is -0.371 e. The van der Waals surface area contributed by atoms with Crippen molar-refractivity contribution in [2.75, 3.05) is 37.6 Å². The Morgan fingerprint density at radius 3 is 2.47 bits per heavy atom. The fourth-order valence-electron chi connectivity index (χ4n) is 4.79. The van der Waals surface area contributed by atoms with Gasteiger partial charge in [-0.3, -0.25) is 14.5 Å². The van der Waals surface area contributed by atoms with Crippen molar-refractivity contribution in [3.63, 3.8) is 0 Å². The zero-order valence-corrected chi connectivity index (χ0v) is 20.2. The van der Waals surface area contributed by atoms with E-state index in [1.165, 1.54) is 12.1 Å². The molecule has 0 bridgehead atoms. The summed E-state index contributed by atoms with van der Waals surface area (Å²) in [4.78, 5) is 29.1. The van der Waals surface area contributed by atoms with E-state index in [4.69, 9.17) is 11.6 Å². The smallest absolute Gasteiger partial charge is 0.371 e. The number of halogens is 5. The van der Waals surface area contributed by atoms with Crippen LogP contribution in [0.5, 0.6) is 0 Å². The number of nitrogens with zero attached hydrogens (tertiary/aromatic N) is 2. The second-order valence-corrected chi connectivity index (χ2v) is 9.53. The van der Waals surface area contributed by atoms with Crippen LogP contribution in [-0.2, 0) is 11.0 Å². The molecule has 2 saturated heterocycles. The maximum atomic E-state index is 13.4. The number of hydrogen-bond donors (Lipinski definition) is 2. The van der Waals surface area contributed by atoms with E-state index in [1.54, 1.807) is 12.1 Å². The first-order valence-corrected chi connectivity index (χ1v) is 12.2. The topological polar surface area (TPSA) is 64.7 Å². The molecule has 194 valence electrons. The molecule has 2 aliphatic rings. The van der Waals surface area contributed by atoms with E-state index in [1.807, 2.05) is 0 Å². The number of benzene rings is 2. The van der Waals surface area contributed by atoms with Crippen molar-refractivity contribution < 1.29 is 27.2 Å². The lowest BCUT2D eigenvalue weighted by molar-refractivity contribution is -0.137. The van der Waals surface area contributed by atoms with Crippen LogP contribution in [0, 0.1) is 5.82 Å². The lowest BCUT2D eigenvalue weighted by Crippen LogP contribution is -2.46. The number of hydrogen-bond acceptors (Lipinski definition) is 4. The van der Waals surface area contributed by atoms with Crippen LogP contribution in [0.25, 0.3) is 0 Å². The normalized spacial score (nSPS) is 19.4. The van der Waals surface area contributed by atoms with Gasteiger partial charge < -0.3 is 15.5 Å². The van der Waals surface area contributed by atoms with Gasteiger partial charge in [-0.1, -0.05) is 17.7 Å². The first-order valence-electron chi connectivity index (χ1n) is 11.8. The standard InChI is InChI=1S/C25H27ClF4N4O2/c26-21-13-20(4-5-22(21)27)33-10-7-19(8-11-33)34-9-6-18(15-34)32-23(35)14-31-24(36)16-2-1-3-17(12-16)25(28,29)30/h1-5,12-13,18-19H,6-11,14-15H2,(H,31,36)(H,32,35)/t18-/m1/s1. The molecule has 2 heterocycles. The second kappa shape index (κ2) is 11.0. The van der Waals surface area contributed by atoms with Gasteiger partial charge in [-0.25, -0.2) is 4.39 Å². The van der Waals surface area contributed by atoms with Crippen molar-refractivity contribution in [2.24, 2.45) is 0 Å². The number of carbonyl (C=O) groups excluding carboxylic acids is 2. The number of amides is 2. The monoisotopic (exact) mass is 526 g/mol. The molecule has 0 unspecified atom stereocenters. The fourth-order valence-corrected chi connectivity index (χ4v) is 4.96. The minimum atomic E-state index is -4.55. The summed E-state index contributed by atoms with van der Waals surface area (Å²) >= 11 is 5.91. The summed E-state index contributed by atoms with van der Waals surface area (Å²) in [6.07, 6.45) is -1.90. The number of piperidine rings is 1. The molecule has 36 heavy (non-hydrogen) atoms. The Morgan fingerprint density at radius 1 is 1.03 bits per heavy atom. The predicted molar refractivity (Wildman–Crippen MR) is 129 cm³/mol. The summed E-state index contributed by atoms with van der Waals surface area (Å²) in [6.45, 7) is 2.86. The Labute approximate surface area is 211 Å². The van der Waals surface area contributed by atoms with Crippen LogP contribution in [0.3, 0.4) is 0 Å². The number of rotatable bonds is 6. The summed E-state index contributed by atoms with van der Waals surface area (Å²) in [5, 5.41) is 5.39. The minimum absolute atomic E-state index is 0.0584. The van der Waals surface area contributed by atoms with E-state index in [2.05, 4.69) is 20.4 Å². The average Bonchev–Trinajstić information content (AvgIpc) is 3.32. The van der Waals surface area contributed by atoms with Gasteiger partial charge in [0.1, 0.15) is 5.82 Å². The van der Waals surface area contributed by atoms with Gasteiger partial charge >= 0.3 is 6.18 Å². The molecule has 0 saturated carbocycles. The van der Waals surface area contributed by atoms with Gasteiger partial charge in [-0.2, -0.15) is 13.2 Å². The van der Waals surface area contributed by atoms with Gasteiger partial charge in [0, 0.05) is 49.5 Å². The highest BCUT2D eigenvalue weighted by Crippen LogP contribution is 2.30. The van der Waals surface area contributed by atoms with Crippen LogP contribution >= 0.6 is 11.6 Å². The van der Waals surface area contributed by atoms with E-state index in [0.29, 0.717) is 12.6 Å². The van der Waals surface area contributed by atoms with Crippen molar-refractivity contribution in [1.29, 1.82) is 0 Å². The fraction of sp³-hybridized carbons (Fsp3) is 0.440. The molecule has 2 aliphatic heterocycles. The summed E-state index contributed by atoms with van der Waals surface area (Å²) < 4.78 is 52.0. The summed E-state index contributed by atoms with van der Waals surface area (Å²) in [6, 6.07) is 9.14. The maximum absolute atomic E-state index is 13.4. The molecule has 2 fully saturated rings. The SMILES string of the molecule is O=C(CNC(=O)c1cccc(C(F)(F)F)c1)N[C@@H]1CCN(C2CCN(c3ccc(F)c(Cl)c3)CC2)C1. The van der Waals surface area contributed by atoms with Crippen molar-refractivity contribution in [1.82, 2.24) is 15.5 Å². The number of nitrogens with one attached hydrogen (secondary N) is 2. The van der Waals surface area contributed by atoms with Crippen LogP contribution < -0.4 is 15.5 Å². The molecule has 1 atom stereocenters. The highest BCUT2D eigenvalue weighted by atomic mass is 35.5. The third kappa shape index (κ3) is 6.47. The van der Waals surface area contributed by atoms with Crippen molar-refractivity contribution in [3.05, 3.63) is 64.4 Å². The molecule has 11 heteroatoms. The molecule has 0 radical (unpaired) electrons. The van der Waals surface area contributed by atoms with Gasteiger partial charge in [0.2, 0.25) is 5.91 Å². The average molecular weight is 527 g/mol. The van der Waals surface area contributed by atoms with Crippen LogP contribution in [-0.4, -0.2) is 61.5 Å².